The van der Waals surface area contributed by atoms with Gasteiger partial charge in [0, 0.05) is 24.8 Å². The summed E-state index contributed by atoms with van der Waals surface area (Å²) in [5.41, 5.74) is 4.16. The van der Waals surface area contributed by atoms with Crippen LogP contribution >= 0.6 is 0 Å². The fourth-order valence-corrected chi connectivity index (χ4v) is 3.75. The highest BCUT2D eigenvalue weighted by Gasteiger charge is 2.35. The molecule has 1 aliphatic heterocycles. The minimum atomic E-state index is 0.418. The molecule has 0 amide bonds. The Morgan fingerprint density at radius 1 is 0.875 bits per heavy atom. The molecule has 0 spiro atoms. The summed E-state index contributed by atoms with van der Waals surface area (Å²) < 4.78 is 0. The zero-order valence-electron chi connectivity index (χ0n) is 15.1. The number of rotatable bonds is 7. The zero-order valence-corrected chi connectivity index (χ0v) is 15.1. The molecule has 0 aromatic heterocycles. The van der Waals surface area contributed by atoms with Crippen molar-refractivity contribution in [2.75, 3.05) is 38.5 Å². The molecule has 0 aliphatic carbocycles. The predicted octanol–water partition coefficient (Wildman–Crippen LogP) is 4.17. The molecule has 0 fully saturated rings. The third kappa shape index (κ3) is 3.47. The van der Waals surface area contributed by atoms with Crippen molar-refractivity contribution < 1.29 is 0 Å². The summed E-state index contributed by atoms with van der Waals surface area (Å²) in [6.45, 7) is 8.75. The third-order valence-corrected chi connectivity index (χ3v) is 5.30. The second kappa shape index (κ2) is 7.82. The van der Waals surface area contributed by atoms with Crippen LogP contribution < -0.4 is 5.32 Å². The van der Waals surface area contributed by atoms with E-state index >= 15 is 0 Å². The molecule has 24 heavy (non-hydrogen) atoms. The molecule has 2 aromatic rings. The predicted molar refractivity (Wildman–Crippen MR) is 102 cm³/mol. The van der Waals surface area contributed by atoms with Crippen LogP contribution in [0.15, 0.2) is 54.6 Å². The highest BCUT2D eigenvalue weighted by molar-refractivity contribution is 5.44. The molecule has 1 aliphatic rings. The van der Waals surface area contributed by atoms with E-state index in [1.807, 2.05) is 0 Å². The molecule has 2 unspecified atom stereocenters. The van der Waals surface area contributed by atoms with Crippen molar-refractivity contribution in [1.82, 2.24) is 9.80 Å². The van der Waals surface area contributed by atoms with E-state index in [-0.39, 0.29) is 0 Å². The molecular weight excluding hydrogens is 294 g/mol. The van der Waals surface area contributed by atoms with Crippen LogP contribution in [0.2, 0.25) is 0 Å². The number of nitrogens with one attached hydrogen (secondary N) is 1. The van der Waals surface area contributed by atoms with Crippen molar-refractivity contribution >= 4 is 5.69 Å². The Hall–Kier alpha value is -1.84. The second-order valence-electron chi connectivity index (χ2n) is 6.56. The van der Waals surface area contributed by atoms with E-state index in [0.29, 0.717) is 12.1 Å². The Labute approximate surface area is 146 Å². The van der Waals surface area contributed by atoms with E-state index in [2.05, 4.69) is 90.6 Å². The van der Waals surface area contributed by atoms with Gasteiger partial charge in [-0.15, -0.1) is 0 Å². The topological polar surface area (TPSA) is 18.5 Å². The van der Waals surface area contributed by atoms with Crippen molar-refractivity contribution in [2.24, 2.45) is 0 Å². The van der Waals surface area contributed by atoms with E-state index in [9.17, 15) is 0 Å². The number of anilines is 1. The fraction of sp³-hybridized carbons (Fsp3) is 0.429. The van der Waals surface area contributed by atoms with Gasteiger partial charge in [-0.3, -0.25) is 4.90 Å². The van der Waals surface area contributed by atoms with Crippen LogP contribution in [-0.2, 0) is 0 Å². The maximum absolute atomic E-state index is 3.60. The molecule has 3 heteroatoms. The average Bonchev–Trinajstić information content (AvgIpc) is 2.90. The monoisotopic (exact) mass is 323 g/mol. The number of likely N-dealkylation sites (N-methyl/N-ethyl adjacent to an activating group) is 2. The van der Waals surface area contributed by atoms with Gasteiger partial charge in [-0.1, -0.05) is 56.3 Å². The van der Waals surface area contributed by atoms with Gasteiger partial charge in [0.1, 0.15) is 0 Å². The smallest absolute Gasteiger partial charge is 0.0527 e. The lowest BCUT2D eigenvalue weighted by Gasteiger charge is -2.30. The number of para-hydroxylation sites is 1. The van der Waals surface area contributed by atoms with Crippen molar-refractivity contribution in [1.29, 1.82) is 0 Å². The summed E-state index contributed by atoms with van der Waals surface area (Å²) in [5.74, 6) is 0. The molecule has 2 aromatic carbocycles. The molecule has 3 rings (SSSR count). The van der Waals surface area contributed by atoms with E-state index in [1.165, 1.54) is 16.8 Å². The quantitative estimate of drug-likeness (QED) is 0.825. The van der Waals surface area contributed by atoms with Crippen molar-refractivity contribution in [2.45, 2.75) is 25.9 Å². The van der Waals surface area contributed by atoms with Gasteiger partial charge in [-0.25, -0.2) is 0 Å². The highest BCUT2D eigenvalue weighted by atomic mass is 15.2. The van der Waals surface area contributed by atoms with Crippen LogP contribution in [0.4, 0.5) is 5.69 Å². The Balaban J connectivity index is 1.78. The number of hydrogen-bond donors (Lipinski definition) is 1. The standard InChI is InChI=1S/C21H29N3/c1-4-24(5-2)16-21-19-14-10-9-13-18(19)20(23(21)3)15-22-17-11-7-6-8-12-17/h6-14,20-22H,4-5,15-16H2,1-3H3. The van der Waals surface area contributed by atoms with Gasteiger partial charge in [0.25, 0.3) is 0 Å². The van der Waals surface area contributed by atoms with Crippen LogP contribution in [0.3, 0.4) is 0 Å². The summed E-state index contributed by atoms with van der Waals surface area (Å²) in [4.78, 5) is 5.06. The first-order valence-corrected chi connectivity index (χ1v) is 9.06. The Bertz CT molecular complexity index is 637. The minimum Gasteiger partial charge on any atom is -0.383 e. The zero-order chi connectivity index (χ0) is 16.9. The molecule has 1 N–H and O–H groups in total. The molecule has 128 valence electrons. The number of benzene rings is 2. The van der Waals surface area contributed by atoms with Crippen molar-refractivity contribution in [3.05, 3.63) is 65.7 Å². The van der Waals surface area contributed by atoms with Gasteiger partial charge in [-0.05, 0) is 43.4 Å². The molecule has 0 saturated carbocycles. The van der Waals surface area contributed by atoms with Crippen LogP contribution in [-0.4, -0.2) is 43.0 Å². The van der Waals surface area contributed by atoms with Gasteiger partial charge in [0.05, 0.1) is 6.04 Å². The summed E-state index contributed by atoms with van der Waals surface area (Å²) in [6, 6.07) is 20.3. The third-order valence-electron chi connectivity index (χ3n) is 5.30. The molecule has 1 heterocycles. The van der Waals surface area contributed by atoms with Crippen molar-refractivity contribution in [3.63, 3.8) is 0 Å². The lowest BCUT2D eigenvalue weighted by molar-refractivity contribution is 0.156. The van der Waals surface area contributed by atoms with Crippen LogP contribution in [0, 0.1) is 0 Å². The molecule has 0 radical (unpaired) electrons. The SMILES string of the molecule is CCN(CC)CC1c2ccccc2C(CNc2ccccc2)N1C. The highest BCUT2D eigenvalue weighted by Crippen LogP contribution is 2.41. The Morgan fingerprint density at radius 2 is 1.46 bits per heavy atom. The first-order chi connectivity index (χ1) is 11.7. The molecular formula is C21H29N3. The second-order valence-corrected chi connectivity index (χ2v) is 6.56. The molecule has 2 atom stereocenters. The lowest BCUT2D eigenvalue weighted by Crippen LogP contribution is -2.35. The number of nitrogens with zero attached hydrogens (tertiary/aromatic N) is 2. The van der Waals surface area contributed by atoms with Gasteiger partial charge in [0.15, 0.2) is 0 Å². The Morgan fingerprint density at radius 3 is 2.08 bits per heavy atom. The molecule has 3 nitrogen and oxygen atoms in total. The summed E-state index contributed by atoms with van der Waals surface area (Å²) in [6.07, 6.45) is 0. The summed E-state index contributed by atoms with van der Waals surface area (Å²) in [5, 5.41) is 3.60. The van der Waals surface area contributed by atoms with Gasteiger partial charge < -0.3 is 10.2 Å². The maximum Gasteiger partial charge on any atom is 0.0527 e. The van der Waals surface area contributed by atoms with E-state index in [4.69, 9.17) is 0 Å². The van der Waals surface area contributed by atoms with Crippen LogP contribution in [0.5, 0.6) is 0 Å². The van der Waals surface area contributed by atoms with Crippen LogP contribution in [0.1, 0.15) is 37.1 Å². The first kappa shape index (κ1) is 17.0. The average molecular weight is 323 g/mol. The summed E-state index contributed by atoms with van der Waals surface area (Å²) in [7, 11) is 2.27. The Kier molecular flexibility index (Phi) is 5.54. The van der Waals surface area contributed by atoms with E-state index < -0.39 is 0 Å². The fourth-order valence-electron chi connectivity index (χ4n) is 3.75. The number of fused-ring (bicyclic) bond motifs is 1. The largest absolute Gasteiger partial charge is 0.383 e. The summed E-state index contributed by atoms with van der Waals surface area (Å²) >= 11 is 0. The normalized spacial score (nSPS) is 20.3. The van der Waals surface area contributed by atoms with Crippen LogP contribution in [0.25, 0.3) is 0 Å². The van der Waals surface area contributed by atoms with Gasteiger partial charge in [0.2, 0.25) is 0 Å². The number of hydrogen-bond acceptors (Lipinski definition) is 3. The van der Waals surface area contributed by atoms with Crippen molar-refractivity contribution in [3.8, 4) is 0 Å². The lowest BCUT2D eigenvalue weighted by atomic mass is 10.0. The van der Waals surface area contributed by atoms with Gasteiger partial charge >= 0.3 is 0 Å². The first-order valence-electron chi connectivity index (χ1n) is 9.06. The van der Waals surface area contributed by atoms with E-state index in [1.54, 1.807) is 0 Å². The molecule has 0 bridgehead atoms. The van der Waals surface area contributed by atoms with Gasteiger partial charge in [-0.2, -0.15) is 0 Å². The molecule has 0 saturated heterocycles. The van der Waals surface area contributed by atoms with E-state index in [0.717, 1.165) is 26.2 Å². The maximum atomic E-state index is 3.60. The minimum absolute atomic E-state index is 0.418.